The van der Waals surface area contributed by atoms with E-state index in [1.54, 1.807) is 11.8 Å². The zero-order valence-corrected chi connectivity index (χ0v) is 17.4. The number of thioether (sulfide) groups is 1. The second kappa shape index (κ2) is 9.93. The van der Waals surface area contributed by atoms with Gasteiger partial charge in [-0.25, -0.2) is 0 Å². The Morgan fingerprint density at radius 1 is 1.32 bits per heavy atom. The van der Waals surface area contributed by atoms with Gasteiger partial charge in [-0.05, 0) is 57.5 Å². The van der Waals surface area contributed by atoms with E-state index in [0.29, 0.717) is 31.5 Å². The molecule has 0 bridgehead atoms. The molecule has 0 saturated carbocycles. The third kappa shape index (κ3) is 5.26. The van der Waals surface area contributed by atoms with Gasteiger partial charge in [-0.15, -0.1) is 11.8 Å². The number of cyclic esters (lactones) is 1. The minimum atomic E-state index is -0.389. The fourth-order valence-electron chi connectivity index (χ4n) is 3.81. The number of amides is 1. The van der Waals surface area contributed by atoms with Gasteiger partial charge in [-0.1, -0.05) is 0 Å². The average molecular weight is 409 g/mol. The van der Waals surface area contributed by atoms with E-state index in [4.69, 9.17) is 14.6 Å². The summed E-state index contributed by atoms with van der Waals surface area (Å²) in [6.07, 6.45) is 4.16. The van der Waals surface area contributed by atoms with Crippen molar-refractivity contribution < 1.29 is 24.2 Å². The number of hydrogen-bond acceptors (Lipinski definition) is 6. The molecular weight excluding hydrogens is 380 g/mol. The summed E-state index contributed by atoms with van der Waals surface area (Å²) in [6.45, 7) is 1.75. The van der Waals surface area contributed by atoms with E-state index in [2.05, 4.69) is 0 Å². The minimum Gasteiger partial charge on any atom is -0.483 e. The Hall–Kier alpha value is -2.06. The van der Waals surface area contributed by atoms with Crippen molar-refractivity contribution >= 4 is 30.1 Å². The Morgan fingerprint density at radius 3 is 2.39 bits per heavy atom. The molecule has 2 fully saturated rings. The monoisotopic (exact) mass is 408 g/mol. The Bertz CT molecular complexity index is 684. The van der Waals surface area contributed by atoms with E-state index in [1.807, 2.05) is 54.4 Å². The van der Waals surface area contributed by atoms with Gasteiger partial charge in [0.05, 0.1) is 5.41 Å². The molecule has 1 unspecified atom stereocenters. The van der Waals surface area contributed by atoms with Crippen molar-refractivity contribution in [2.45, 2.75) is 30.3 Å². The predicted octanol–water partition coefficient (Wildman–Crippen LogP) is 2.21. The van der Waals surface area contributed by atoms with E-state index in [-0.39, 0.29) is 29.9 Å². The molecule has 0 aromatic heterocycles. The second-order valence-electron chi connectivity index (χ2n) is 7.40. The molecule has 0 aliphatic carbocycles. The number of piperidine rings is 1. The van der Waals surface area contributed by atoms with Crippen LogP contribution >= 0.6 is 11.8 Å². The molecule has 7 nitrogen and oxygen atoms in total. The second-order valence-corrected chi connectivity index (χ2v) is 8.28. The number of hydrogen-bond donors (Lipinski definition) is 1. The van der Waals surface area contributed by atoms with Gasteiger partial charge in [0, 0.05) is 36.5 Å². The van der Waals surface area contributed by atoms with Crippen LogP contribution in [-0.2, 0) is 14.3 Å². The molecule has 28 heavy (non-hydrogen) atoms. The van der Waals surface area contributed by atoms with E-state index >= 15 is 0 Å². The van der Waals surface area contributed by atoms with Crippen molar-refractivity contribution in [2.75, 3.05) is 40.0 Å². The largest absolute Gasteiger partial charge is 0.483 e. The van der Waals surface area contributed by atoms with Gasteiger partial charge < -0.3 is 19.6 Å². The van der Waals surface area contributed by atoms with Crippen LogP contribution in [0.25, 0.3) is 0 Å². The molecule has 1 aromatic carbocycles. The number of rotatable bonds is 4. The highest BCUT2D eigenvalue weighted by Gasteiger charge is 2.50. The molecule has 1 aromatic rings. The smallest absolute Gasteiger partial charge is 0.312 e. The first-order chi connectivity index (χ1) is 13.3. The first-order valence-electron chi connectivity index (χ1n) is 9.22. The van der Waals surface area contributed by atoms with Crippen molar-refractivity contribution in [3.8, 4) is 0 Å². The fourth-order valence-corrected chi connectivity index (χ4v) is 4.22. The van der Waals surface area contributed by atoms with Crippen molar-refractivity contribution in [1.29, 1.82) is 0 Å². The molecule has 1 spiro atoms. The molecule has 1 atom stereocenters. The molecule has 154 valence electrons. The van der Waals surface area contributed by atoms with Crippen molar-refractivity contribution in [2.24, 2.45) is 5.41 Å². The molecule has 2 aliphatic heterocycles. The zero-order chi connectivity index (χ0) is 20.7. The summed E-state index contributed by atoms with van der Waals surface area (Å²) in [7, 11) is 3.98. The maximum absolute atomic E-state index is 12.7. The van der Waals surface area contributed by atoms with Crippen LogP contribution in [-0.4, -0.2) is 79.3 Å². The van der Waals surface area contributed by atoms with Crippen LogP contribution < -0.4 is 0 Å². The van der Waals surface area contributed by atoms with E-state index < -0.39 is 0 Å². The highest BCUT2D eigenvalue weighted by Crippen LogP contribution is 2.43. The van der Waals surface area contributed by atoms with E-state index in [9.17, 15) is 9.59 Å². The normalized spacial score (nSPS) is 20.5. The van der Waals surface area contributed by atoms with Crippen LogP contribution in [0.1, 0.15) is 29.6 Å². The summed E-state index contributed by atoms with van der Waals surface area (Å²) in [5, 5.41) is 6.89. The van der Waals surface area contributed by atoms with Crippen LogP contribution in [0.15, 0.2) is 29.2 Å². The van der Waals surface area contributed by atoms with E-state index in [0.717, 1.165) is 17.9 Å². The van der Waals surface area contributed by atoms with Gasteiger partial charge in [-0.2, -0.15) is 0 Å². The van der Waals surface area contributed by atoms with Crippen LogP contribution in [0.5, 0.6) is 0 Å². The van der Waals surface area contributed by atoms with Gasteiger partial charge >= 0.3 is 5.97 Å². The van der Waals surface area contributed by atoms with Crippen LogP contribution in [0, 0.1) is 5.41 Å². The van der Waals surface area contributed by atoms with E-state index in [1.165, 1.54) is 0 Å². The zero-order valence-electron chi connectivity index (χ0n) is 16.6. The maximum Gasteiger partial charge on any atom is 0.312 e. The Kier molecular flexibility index (Phi) is 7.88. The molecule has 0 radical (unpaired) electrons. The molecule has 1 N–H and O–H groups in total. The summed E-state index contributed by atoms with van der Waals surface area (Å²) < 4.78 is 5.58. The number of carbonyl (C=O) groups excluding carboxylic acids is 2. The number of carboxylic acid groups (broad SMARTS) is 1. The lowest BCUT2D eigenvalue weighted by Gasteiger charge is -2.36. The molecule has 3 rings (SSSR count). The number of benzene rings is 1. The molecular formula is C20H28N2O5S. The molecule has 2 saturated heterocycles. The van der Waals surface area contributed by atoms with Crippen LogP contribution in [0.2, 0.25) is 0 Å². The Balaban J connectivity index is 0.000000878. The topological polar surface area (TPSA) is 87.2 Å². The summed E-state index contributed by atoms with van der Waals surface area (Å²) in [5.74, 6) is -0.0190. The van der Waals surface area contributed by atoms with Crippen molar-refractivity contribution in [1.82, 2.24) is 9.80 Å². The number of ether oxygens (including phenoxy) is 1. The summed E-state index contributed by atoms with van der Waals surface area (Å²) in [5.41, 5.74) is 0.327. The molecule has 2 aliphatic rings. The van der Waals surface area contributed by atoms with Gasteiger partial charge in [0.25, 0.3) is 12.4 Å². The molecule has 8 heteroatoms. The first-order valence-corrected chi connectivity index (χ1v) is 10.4. The van der Waals surface area contributed by atoms with Gasteiger partial charge in [0.1, 0.15) is 6.10 Å². The van der Waals surface area contributed by atoms with Crippen molar-refractivity contribution in [3.63, 3.8) is 0 Å². The highest BCUT2D eigenvalue weighted by molar-refractivity contribution is 7.98. The maximum atomic E-state index is 12.7. The van der Waals surface area contributed by atoms with Crippen LogP contribution in [0.3, 0.4) is 0 Å². The summed E-state index contributed by atoms with van der Waals surface area (Å²) in [6, 6.07) is 7.72. The Labute approximate surface area is 170 Å². The SMILES string of the molecule is CSc1ccc(C(=O)N2CCC3(CC2)CC(CN(C)C)OC3=O)cc1.O=CO. The number of esters is 1. The average Bonchev–Trinajstić information content (AvgIpc) is 2.96. The van der Waals surface area contributed by atoms with Crippen LogP contribution in [0.4, 0.5) is 0 Å². The summed E-state index contributed by atoms with van der Waals surface area (Å²) in [4.78, 5) is 38.5. The molecule has 1 amide bonds. The number of likely N-dealkylation sites (N-methyl/N-ethyl adjacent to an activating group) is 1. The quantitative estimate of drug-likeness (QED) is 0.464. The standard InChI is InChI=1S/C19H26N2O3S.CH2O2/c1-20(2)13-15-12-19(18(23)24-15)8-10-21(11-9-19)17(22)14-4-6-16(25-3)7-5-14;2-1-3/h4-7,15H,8-13H2,1-3H3;1H,(H,2,3). The fraction of sp³-hybridized carbons (Fsp3) is 0.550. The first kappa shape index (κ1) is 22.2. The highest BCUT2D eigenvalue weighted by atomic mass is 32.2. The lowest BCUT2D eigenvalue weighted by molar-refractivity contribution is -0.150. The minimum absolute atomic E-state index is 0.0242. The lowest BCUT2D eigenvalue weighted by Crippen LogP contribution is -2.45. The number of nitrogens with zero attached hydrogens (tertiary/aromatic N) is 2. The lowest BCUT2D eigenvalue weighted by atomic mass is 9.76. The third-order valence-electron chi connectivity index (χ3n) is 5.24. The number of carbonyl (C=O) groups is 3. The molecule has 2 heterocycles. The van der Waals surface area contributed by atoms with Gasteiger partial charge in [-0.3, -0.25) is 14.4 Å². The van der Waals surface area contributed by atoms with Gasteiger partial charge in [0.15, 0.2) is 0 Å². The summed E-state index contributed by atoms with van der Waals surface area (Å²) >= 11 is 1.66. The Morgan fingerprint density at radius 2 is 1.89 bits per heavy atom. The predicted molar refractivity (Wildman–Crippen MR) is 108 cm³/mol. The van der Waals surface area contributed by atoms with Crippen molar-refractivity contribution in [3.05, 3.63) is 29.8 Å². The van der Waals surface area contributed by atoms with Gasteiger partial charge in [0.2, 0.25) is 0 Å². The number of likely N-dealkylation sites (tertiary alicyclic amines) is 1. The third-order valence-corrected chi connectivity index (χ3v) is 5.98.